The normalized spacial score (nSPS) is 11.2. The van der Waals surface area contributed by atoms with Crippen LogP contribution in [0.3, 0.4) is 0 Å². The number of halogens is 1. The molecule has 20 heavy (non-hydrogen) atoms. The molecule has 1 aromatic carbocycles. The van der Waals surface area contributed by atoms with Gasteiger partial charge in [0.15, 0.2) is 0 Å². The molecule has 108 valence electrons. The van der Waals surface area contributed by atoms with E-state index in [0.717, 1.165) is 18.5 Å². The van der Waals surface area contributed by atoms with Gasteiger partial charge in [-0.1, -0.05) is 19.9 Å². The van der Waals surface area contributed by atoms with E-state index in [2.05, 4.69) is 29.4 Å². The molecule has 5 heteroatoms. The summed E-state index contributed by atoms with van der Waals surface area (Å²) in [6, 6.07) is 5.43. The number of hydrogen-bond donors (Lipinski definition) is 1. The van der Waals surface area contributed by atoms with Crippen molar-refractivity contribution >= 4 is 0 Å². The molecule has 0 aliphatic heterocycles. The predicted molar refractivity (Wildman–Crippen MR) is 75.9 cm³/mol. The molecule has 0 atom stereocenters. The van der Waals surface area contributed by atoms with E-state index >= 15 is 0 Å². The molecule has 4 nitrogen and oxygen atoms in total. The van der Waals surface area contributed by atoms with E-state index in [-0.39, 0.29) is 11.7 Å². The van der Waals surface area contributed by atoms with Gasteiger partial charge < -0.3 is 9.73 Å². The third-order valence-electron chi connectivity index (χ3n) is 2.94. The van der Waals surface area contributed by atoms with Crippen LogP contribution >= 0.6 is 0 Å². The van der Waals surface area contributed by atoms with Crippen molar-refractivity contribution in [1.29, 1.82) is 0 Å². The number of nitrogens with zero attached hydrogens (tertiary/aromatic N) is 2. The Bertz CT molecular complexity index is 566. The molecule has 0 fully saturated rings. The summed E-state index contributed by atoms with van der Waals surface area (Å²) < 4.78 is 19.3. The van der Waals surface area contributed by atoms with Crippen LogP contribution in [-0.2, 0) is 6.42 Å². The summed E-state index contributed by atoms with van der Waals surface area (Å²) in [6.07, 6.45) is 1.61. The zero-order valence-electron chi connectivity index (χ0n) is 12.1. The average Bonchev–Trinajstić information content (AvgIpc) is 2.83. The SMILES string of the molecule is Cc1ccc(-c2nnc(CCCNC(C)C)o2)c(F)c1. The van der Waals surface area contributed by atoms with Crippen molar-refractivity contribution in [2.75, 3.05) is 6.54 Å². The molecule has 1 N–H and O–H groups in total. The quantitative estimate of drug-likeness (QED) is 0.824. The van der Waals surface area contributed by atoms with Crippen molar-refractivity contribution in [3.63, 3.8) is 0 Å². The summed E-state index contributed by atoms with van der Waals surface area (Å²) in [5.41, 5.74) is 1.22. The van der Waals surface area contributed by atoms with Crippen molar-refractivity contribution in [2.24, 2.45) is 0 Å². The maximum absolute atomic E-state index is 13.8. The molecule has 1 aromatic heterocycles. The molecule has 0 amide bonds. The monoisotopic (exact) mass is 277 g/mol. The van der Waals surface area contributed by atoms with E-state index in [1.807, 2.05) is 13.0 Å². The first-order chi connectivity index (χ1) is 9.56. The lowest BCUT2D eigenvalue weighted by Gasteiger charge is -2.05. The van der Waals surface area contributed by atoms with E-state index < -0.39 is 0 Å². The highest BCUT2D eigenvalue weighted by Gasteiger charge is 2.12. The van der Waals surface area contributed by atoms with Crippen molar-refractivity contribution in [3.8, 4) is 11.5 Å². The number of rotatable bonds is 6. The highest BCUT2D eigenvalue weighted by atomic mass is 19.1. The van der Waals surface area contributed by atoms with Gasteiger partial charge in [0, 0.05) is 12.5 Å². The van der Waals surface area contributed by atoms with Crippen LogP contribution in [0.15, 0.2) is 22.6 Å². The molecule has 0 bridgehead atoms. The summed E-state index contributed by atoms with van der Waals surface area (Å²) in [6.45, 7) is 6.94. The Morgan fingerprint density at radius 3 is 2.80 bits per heavy atom. The minimum Gasteiger partial charge on any atom is -0.421 e. The van der Waals surface area contributed by atoms with E-state index in [0.29, 0.717) is 23.9 Å². The van der Waals surface area contributed by atoms with Crippen molar-refractivity contribution in [3.05, 3.63) is 35.5 Å². The molecule has 0 radical (unpaired) electrons. The second-order valence-electron chi connectivity index (χ2n) is 5.20. The van der Waals surface area contributed by atoms with Gasteiger partial charge in [-0.25, -0.2) is 4.39 Å². The van der Waals surface area contributed by atoms with E-state index in [9.17, 15) is 4.39 Å². The van der Waals surface area contributed by atoms with Crippen LogP contribution in [-0.4, -0.2) is 22.8 Å². The minimum atomic E-state index is -0.332. The largest absolute Gasteiger partial charge is 0.421 e. The Hall–Kier alpha value is -1.75. The molecular weight excluding hydrogens is 257 g/mol. The van der Waals surface area contributed by atoms with Gasteiger partial charge in [0.05, 0.1) is 5.56 Å². The Morgan fingerprint density at radius 1 is 1.30 bits per heavy atom. The Kier molecular flexibility index (Phi) is 4.84. The number of nitrogens with one attached hydrogen (secondary N) is 1. The zero-order chi connectivity index (χ0) is 14.5. The molecular formula is C15H20FN3O. The van der Waals surface area contributed by atoms with Crippen LogP contribution in [0.4, 0.5) is 4.39 Å². The van der Waals surface area contributed by atoms with E-state index in [1.54, 1.807) is 6.07 Å². The summed E-state index contributed by atoms with van der Waals surface area (Å²) in [7, 11) is 0. The average molecular weight is 277 g/mol. The maximum Gasteiger partial charge on any atom is 0.250 e. The summed E-state index contributed by atoms with van der Waals surface area (Å²) in [4.78, 5) is 0. The van der Waals surface area contributed by atoms with E-state index in [1.165, 1.54) is 6.07 Å². The van der Waals surface area contributed by atoms with Crippen molar-refractivity contribution in [2.45, 2.75) is 39.7 Å². The fraction of sp³-hybridized carbons (Fsp3) is 0.467. The van der Waals surface area contributed by atoms with Crippen LogP contribution in [0.1, 0.15) is 31.7 Å². The van der Waals surface area contributed by atoms with Gasteiger partial charge in [-0.05, 0) is 37.6 Å². The van der Waals surface area contributed by atoms with Gasteiger partial charge in [0.2, 0.25) is 5.89 Å². The number of aryl methyl sites for hydroxylation is 2. The molecule has 0 aliphatic rings. The Labute approximate surface area is 118 Å². The van der Waals surface area contributed by atoms with Gasteiger partial charge in [-0.15, -0.1) is 10.2 Å². The number of benzene rings is 1. The number of aromatic nitrogens is 2. The predicted octanol–water partition coefficient (Wildman–Crippen LogP) is 3.11. The molecule has 0 saturated heterocycles. The summed E-state index contributed by atoms with van der Waals surface area (Å²) >= 11 is 0. The highest BCUT2D eigenvalue weighted by molar-refractivity contribution is 5.54. The minimum absolute atomic E-state index is 0.245. The van der Waals surface area contributed by atoms with Crippen molar-refractivity contribution < 1.29 is 8.81 Å². The Morgan fingerprint density at radius 2 is 2.10 bits per heavy atom. The molecule has 0 aliphatic carbocycles. The van der Waals surface area contributed by atoms with Crippen LogP contribution < -0.4 is 5.32 Å². The molecule has 1 heterocycles. The van der Waals surface area contributed by atoms with Gasteiger partial charge in [-0.2, -0.15) is 0 Å². The Balaban J connectivity index is 1.98. The van der Waals surface area contributed by atoms with Gasteiger partial charge in [0.1, 0.15) is 5.82 Å². The summed E-state index contributed by atoms with van der Waals surface area (Å²) in [5, 5.41) is 11.2. The van der Waals surface area contributed by atoms with Gasteiger partial charge in [0.25, 0.3) is 5.89 Å². The molecule has 0 saturated carbocycles. The summed E-state index contributed by atoms with van der Waals surface area (Å²) in [5.74, 6) is 0.460. The zero-order valence-corrected chi connectivity index (χ0v) is 12.1. The van der Waals surface area contributed by atoms with Crippen LogP contribution in [0, 0.1) is 12.7 Å². The lowest BCUT2D eigenvalue weighted by Crippen LogP contribution is -2.23. The molecule has 0 spiro atoms. The molecule has 2 aromatic rings. The van der Waals surface area contributed by atoms with Crippen LogP contribution in [0.25, 0.3) is 11.5 Å². The third-order valence-corrected chi connectivity index (χ3v) is 2.94. The van der Waals surface area contributed by atoms with E-state index in [4.69, 9.17) is 4.42 Å². The van der Waals surface area contributed by atoms with Crippen LogP contribution in [0.5, 0.6) is 0 Å². The van der Waals surface area contributed by atoms with Gasteiger partial charge >= 0.3 is 0 Å². The standard InChI is InChI=1S/C15H20FN3O/c1-10(2)17-8-4-5-14-18-19-15(20-14)12-7-6-11(3)9-13(12)16/h6-7,9-10,17H,4-5,8H2,1-3H3. The first kappa shape index (κ1) is 14.7. The maximum atomic E-state index is 13.8. The molecule has 2 rings (SSSR count). The number of hydrogen-bond acceptors (Lipinski definition) is 4. The molecule has 0 unspecified atom stereocenters. The first-order valence-corrected chi connectivity index (χ1v) is 6.88. The fourth-order valence-electron chi connectivity index (χ4n) is 1.89. The van der Waals surface area contributed by atoms with Gasteiger partial charge in [-0.3, -0.25) is 0 Å². The smallest absolute Gasteiger partial charge is 0.250 e. The van der Waals surface area contributed by atoms with Crippen LogP contribution in [0.2, 0.25) is 0 Å². The second kappa shape index (κ2) is 6.61. The topological polar surface area (TPSA) is 51.0 Å². The fourth-order valence-corrected chi connectivity index (χ4v) is 1.89. The third kappa shape index (κ3) is 3.87. The lowest BCUT2D eigenvalue weighted by atomic mass is 10.1. The van der Waals surface area contributed by atoms with Crippen molar-refractivity contribution in [1.82, 2.24) is 15.5 Å². The second-order valence-corrected chi connectivity index (χ2v) is 5.20. The lowest BCUT2D eigenvalue weighted by molar-refractivity contribution is 0.481. The highest BCUT2D eigenvalue weighted by Crippen LogP contribution is 2.22. The first-order valence-electron chi connectivity index (χ1n) is 6.88.